The Morgan fingerprint density at radius 2 is 2.39 bits per heavy atom. The van der Waals surface area contributed by atoms with Crippen molar-refractivity contribution in [3.05, 3.63) is 33.9 Å². The number of ether oxygens (including phenoxy) is 1. The lowest BCUT2D eigenvalue weighted by atomic mass is 10.3. The molecule has 0 aliphatic heterocycles. The lowest BCUT2D eigenvalue weighted by molar-refractivity contribution is 0.112. The number of methoxy groups -OCH3 is 1. The minimum absolute atomic E-state index is 0.227. The summed E-state index contributed by atoms with van der Waals surface area (Å²) in [4.78, 5) is 19.2. The van der Waals surface area contributed by atoms with E-state index in [-0.39, 0.29) is 5.15 Å². The number of hydrogen-bond donors (Lipinski definition) is 1. The van der Waals surface area contributed by atoms with Crippen LogP contribution in [0.1, 0.15) is 15.2 Å². The third-order valence-corrected chi connectivity index (χ3v) is 3.51. The maximum Gasteiger partial charge on any atom is 0.212 e. The van der Waals surface area contributed by atoms with E-state index in [1.165, 1.54) is 11.3 Å². The molecule has 0 saturated heterocycles. The van der Waals surface area contributed by atoms with Crippen LogP contribution in [0.5, 0.6) is 5.88 Å². The van der Waals surface area contributed by atoms with Gasteiger partial charge in [0.05, 0.1) is 7.11 Å². The standard InChI is InChI=1S/C11H10ClN3O2S/c1-17-9-3-2-7(4-13-9)5-14-11-15-10(12)8(6-16)18-11/h2-4,6H,5H2,1H3,(H,14,15). The molecule has 0 spiro atoms. The van der Waals surface area contributed by atoms with E-state index in [4.69, 9.17) is 16.3 Å². The van der Waals surface area contributed by atoms with Gasteiger partial charge in [0.1, 0.15) is 4.88 Å². The zero-order valence-corrected chi connectivity index (χ0v) is 11.1. The molecule has 5 nitrogen and oxygen atoms in total. The molecule has 0 amide bonds. The molecule has 0 unspecified atom stereocenters. The first-order valence-electron chi connectivity index (χ1n) is 5.07. The molecule has 2 heterocycles. The molecule has 94 valence electrons. The van der Waals surface area contributed by atoms with Crippen LogP contribution in [0.3, 0.4) is 0 Å². The van der Waals surface area contributed by atoms with Crippen molar-refractivity contribution >= 4 is 34.4 Å². The molecule has 18 heavy (non-hydrogen) atoms. The summed E-state index contributed by atoms with van der Waals surface area (Å²) in [6.07, 6.45) is 2.40. The maximum absolute atomic E-state index is 10.6. The average Bonchev–Trinajstić information content (AvgIpc) is 2.77. The summed E-state index contributed by atoms with van der Waals surface area (Å²) in [6.45, 7) is 0.555. The highest BCUT2D eigenvalue weighted by Gasteiger charge is 2.07. The molecule has 2 aromatic heterocycles. The molecule has 0 aliphatic rings. The Kier molecular flexibility index (Phi) is 4.11. The van der Waals surface area contributed by atoms with Crippen molar-refractivity contribution in [2.45, 2.75) is 6.54 Å². The molecule has 2 rings (SSSR count). The Morgan fingerprint density at radius 1 is 1.56 bits per heavy atom. The van der Waals surface area contributed by atoms with Crippen molar-refractivity contribution < 1.29 is 9.53 Å². The van der Waals surface area contributed by atoms with E-state index in [0.717, 1.165) is 5.56 Å². The minimum atomic E-state index is 0.227. The first-order chi connectivity index (χ1) is 8.72. The third-order valence-electron chi connectivity index (χ3n) is 2.17. The van der Waals surface area contributed by atoms with Gasteiger partial charge in [-0.3, -0.25) is 4.79 Å². The first-order valence-corrected chi connectivity index (χ1v) is 6.26. The number of carbonyl (C=O) groups excluding carboxylic acids is 1. The largest absolute Gasteiger partial charge is 0.481 e. The fourth-order valence-corrected chi connectivity index (χ4v) is 2.24. The van der Waals surface area contributed by atoms with E-state index in [9.17, 15) is 4.79 Å². The van der Waals surface area contributed by atoms with Gasteiger partial charge in [0.15, 0.2) is 16.6 Å². The van der Waals surface area contributed by atoms with Crippen molar-refractivity contribution in [2.24, 2.45) is 0 Å². The molecular formula is C11H10ClN3O2S. The fourth-order valence-electron chi connectivity index (χ4n) is 1.28. The quantitative estimate of drug-likeness (QED) is 0.855. The van der Waals surface area contributed by atoms with Gasteiger partial charge in [0.2, 0.25) is 5.88 Å². The molecule has 2 aromatic rings. The average molecular weight is 284 g/mol. The topological polar surface area (TPSA) is 64.1 Å². The summed E-state index contributed by atoms with van der Waals surface area (Å²) in [6, 6.07) is 3.68. The highest BCUT2D eigenvalue weighted by molar-refractivity contribution is 7.17. The van der Waals surface area contributed by atoms with Crippen molar-refractivity contribution in [1.29, 1.82) is 0 Å². The summed E-state index contributed by atoms with van der Waals surface area (Å²) in [5.41, 5.74) is 0.981. The summed E-state index contributed by atoms with van der Waals surface area (Å²) >= 11 is 6.98. The maximum atomic E-state index is 10.6. The van der Waals surface area contributed by atoms with Gasteiger partial charge in [-0.1, -0.05) is 29.0 Å². The van der Waals surface area contributed by atoms with E-state index >= 15 is 0 Å². The highest BCUT2D eigenvalue weighted by Crippen LogP contribution is 2.25. The van der Waals surface area contributed by atoms with Crippen LogP contribution in [0.4, 0.5) is 5.13 Å². The van der Waals surface area contributed by atoms with Crippen LogP contribution in [0, 0.1) is 0 Å². The predicted molar refractivity (Wildman–Crippen MR) is 70.6 cm³/mol. The molecule has 1 N–H and O–H groups in total. The molecular weight excluding hydrogens is 274 g/mol. The number of nitrogens with zero attached hydrogens (tertiary/aromatic N) is 2. The van der Waals surface area contributed by atoms with Gasteiger partial charge in [-0.2, -0.15) is 0 Å². The number of aromatic nitrogens is 2. The molecule has 0 saturated carbocycles. The zero-order chi connectivity index (χ0) is 13.0. The van der Waals surface area contributed by atoms with Crippen LogP contribution < -0.4 is 10.1 Å². The summed E-state index contributed by atoms with van der Waals surface area (Å²) in [5.74, 6) is 0.569. The van der Waals surface area contributed by atoms with Crippen LogP contribution in [0.15, 0.2) is 18.3 Å². The van der Waals surface area contributed by atoms with Crippen LogP contribution >= 0.6 is 22.9 Å². The Morgan fingerprint density at radius 3 is 2.94 bits per heavy atom. The van der Waals surface area contributed by atoms with Gasteiger partial charge >= 0.3 is 0 Å². The Balaban J connectivity index is 1.99. The number of hydrogen-bond acceptors (Lipinski definition) is 6. The molecule has 0 atom stereocenters. The number of rotatable bonds is 5. The molecule has 7 heteroatoms. The first kappa shape index (κ1) is 12.8. The second-order valence-corrected chi connectivity index (χ2v) is 4.74. The van der Waals surface area contributed by atoms with Gasteiger partial charge < -0.3 is 10.1 Å². The lowest BCUT2D eigenvalue weighted by Gasteiger charge is -2.03. The van der Waals surface area contributed by atoms with Gasteiger partial charge in [-0.25, -0.2) is 9.97 Å². The third kappa shape index (κ3) is 2.96. The van der Waals surface area contributed by atoms with Crippen molar-refractivity contribution in [1.82, 2.24) is 9.97 Å². The minimum Gasteiger partial charge on any atom is -0.481 e. The smallest absolute Gasteiger partial charge is 0.212 e. The summed E-state index contributed by atoms with van der Waals surface area (Å²) in [7, 11) is 1.57. The van der Waals surface area contributed by atoms with E-state index in [2.05, 4.69) is 15.3 Å². The van der Waals surface area contributed by atoms with Crippen molar-refractivity contribution in [3.63, 3.8) is 0 Å². The number of carbonyl (C=O) groups is 1. The zero-order valence-electron chi connectivity index (χ0n) is 9.51. The Hall–Kier alpha value is -1.66. The molecule has 0 radical (unpaired) electrons. The van der Waals surface area contributed by atoms with E-state index in [1.54, 1.807) is 19.4 Å². The molecule has 0 aromatic carbocycles. The van der Waals surface area contributed by atoms with Crippen molar-refractivity contribution in [2.75, 3.05) is 12.4 Å². The second-order valence-electron chi connectivity index (χ2n) is 3.35. The molecule has 0 fully saturated rings. The predicted octanol–water partition coefficient (Wildman–Crippen LogP) is 2.62. The van der Waals surface area contributed by atoms with Crippen LogP contribution in [-0.4, -0.2) is 23.4 Å². The van der Waals surface area contributed by atoms with E-state index < -0.39 is 0 Å². The lowest BCUT2D eigenvalue weighted by Crippen LogP contribution is -1.99. The van der Waals surface area contributed by atoms with Gasteiger partial charge in [-0.15, -0.1) is 0 Å². The summed E-state index contributed by atoms with van der Waals surface area (Å²) in [5, 5.41) is 3.91. The van der Waals surface area contributed by atoms with Gasteiger partial charge in [0, 0.05) is 18.8 Å². The Bertz CT molecular complexity index is 542. The van der Waals surface area contributed by atoms with Crippen LogP contribution in [-0.2, 0) is 6.54 Å². The second kappa shape index (κ2) is 5.79. The van der Waals surface area contributed by atoms with Gasteiger partial charge in [-0.05, 0) is 5.56 Å². The van der Waals surface area contributed by atoms with Crippen LogP contribution in [0.25, 0.3) is 0 Å². The normalized spacial score (nSPS) is 10.1. The monoisotopic (exact) mass is 283 g/mol. The number of anilines is 1. The molecule has 0 aliphatic carbocycles. The number of pyridine rings is 1. The Labute approximate surface area is 113 Å². The number of aldehydes is 1. The van der Waals surface area contributed by atoms with Crippen molar-refractivity contribution in [3.8, 4) is 5.88 Å². The van der Waals surface area contributed by atoms with E-state index in [1.807, 2.05) is 6.07 Å². The fraction of sp³-hybridized carbons (Fsp3) is 0.182. The van der Waals surface area contributed by atoms with E-state index in [0.29, 0.717) is 28.7 Å². The summed E-state index contributed by atoms with van der Waals surface area (Å²) < 4.78 is 4.97. The van der Waals surface area contributed by atoms with Crippen LogP contribution in [0.2, 0.25) is 5.15 Å². The number of halogens is 1. The SMILES string of the molecule is COc1ccc(CNc2nc(Cl)c(C=O)s2)cn1. The number of thiazole rings is 1. The molecule has 0 bridgehead atoms. The number of nitrogens with one attached hydrogen (secondary N) is 1. The van der Waals surface area contributed by atoms with Gasteiger partial charge in [0.25, 0.3) is 0 Å². The highest BCUT2D eigenvalue weighted by atomic mass is 35.5.